The van der Waals surface area contributed by atoms with Crippen LogP contribution in [0.3, 0.4) is 0 Å². The van der Waals surface area contributed by atoms with Crippen molar-refractivity contribution in [3.63, 3.8) is 0 Å². The van der Waals surface area contributed by atoms with Crippen LogP contribution in [0.2, 0.25) is 0 Å². The summed E-state index contributed by atoms with van der Waals surface area (Å²) >= 11 is 0. The van der Waals surface area contributed by atoms with E-state index in [0.29, 0.717) is 12.1 Å². The van der Waals surface area contributed by atoms with Gasteiger partial charge in [0.25, 0.3) is 0 Å². The molecule has 0 fully saturated rings. The fourth-order valence-corrected chi connectivity index (χ4v) is 1.56. The molecule has 0 aliphatic heterocycles. The first-order valence-corrected chi connectivity index (χ1v) is 4.92. The van der Waals surface area contributed by atoms with Crippen molar-refractivity contribution >= 4 is 0 Å². The van der Waals surface area contributed by atoms with Crippen molar-refractivity contribution in [3.05, 3.63) is 41.2 Å². The van der Waals surface area contributed by atoms with Crippen molar-refractivity contribution in [2.75, 3.05) is 0 Å². The second kappa shape index (κ2) is 4.17. The van der Waals surface area contributed by atoms with Crippen molar-refractivity contribution in [3.8, 4) is 17.3 Å². The summed E-state index contributed by atoms with van der Waals surface area (Å²) in [7, 11) is 0. The number of aromatic nitrogens is 1. The summed E-state index contributed by atoms with van der Waals surface area (Å²) in [6.07, 6.45) is 0. The van der Waals surface area contributed by atoms with E-state index in [0.717, 1.165) is 22.6 Å². The van der Waals surface area contributed by atoms with E-state index in [9.17, 15) is 0 Å². The quantitative estimate of drug-likeness (QED) is 0.827. The van der Waals surface area contributed by atoms with E-state index in [1.165, 1.54) is 0 Å². The molecule has 1 heterocycles. The van der Waals surface area contributed by atoms with Gasteiger partial charge >= 0.3 is 0 Å². The summed E-state index contributed by atoms with van der Waals surface area (Å²) in [5.41, 5.74) is 8.83. The highest BCUT2D eigenvalue weighted by Gasteiger charge is 2.12. The fraction of sp³-hybridized carbons (Fsp3) is 0.167. The summed E-state index contributed by atoms with van der Waals surface area (Å²) in [4.78, 5) is 0. The van der Waals surface area contributed by atoms with Crippen LogP contribution in [0.5, 0.6) is 0 Å². The third kappa shape index (κ3) is 1.69. The molecule has 2 aromatic rings. The van der Waals surface area contributed by atoms with Gasteiger partial charge in [0, 0.05) is 17.7 Å². The molecule has 0 saturated carbocycles. The Labute approximate surface area is 93.3 Å². The van der Waals surface area contributed by atoms with Gasteiger partial charge in [-0.2, -0.15) is 5.26 Å². The van der Waals surface area contributed by atoms with Crippen LogP contribution in [0.4, 0.5) is 0 Å². The lowest BCUT2D eigenvalue weighted by molar-refractivity contribution is 0.398. The standard InChI is InChI=1S/C12H11N3O/c1-8-11(7-14)12(15-16-8)10-4-2-9(6-13)3-5-10/h2-5H,7,14H2,1H3. The zero-order valence-electron chi connectivity index (χ0n) is 8.90. The molecule has 1 aromatic heterocycles. The highest BCUT2D eigenvalue weighted by molar-refractivity contribution is 5.64. The fourth-order valence-electron chi connectivity index (χ4n) is 1.56. The SMILES string of the molecule is Cc1onc(-c2ccc(C#N)cc2)c1CN. The Kier molecular flexibility index (Phi) is 2.71. The highest BCUT2D eigenvalue weighted by Crippen LogP contribution is 2.24. The summed E-state index contributed by atoms with van der Waals surface area (Å²) in [6.45, 7) is 2.23. The Morgan fingerprint density at radius 3 is 2.62 bits per heavy atom. The second-order valence-corrected chi connectivity index (χ2v) is 3.46. The molecule has 80 valence electrons. The van der Waals surface area contributed by atoms with E-state index >= 15 is 0 Å². The van der Waals surface area contributed by atoms with Crippen LogP contribution < -0.4 is 5.73 Å². The lowest BCUT2D eigenvalue weighted by Crippen LogP contribution is -1.98. The van der Waals surface area contributed by atoms with Crippen molar-refractivity contribution < 1.29 is 4.52 Å². The van der Waals surface area contributed by atoms with Crippen LogP contribution in [0.1, 0.15) is 16.9 Å². The van der Waals surface area contributed by atoms with Crippen LogP contribution >= 0.6 is 0 Å². The highest BCUT2D eigenvalue weighted by atomic mass is 16.5. The zero-order valence-corrected chi connectivity index (χ0v) is 8.90. The molecule has 0 aliphatic rings. The zero-order chi connectivity index (χ0) is 11.5. The molecule has 0 bridgehead atoms. The van der Waals surface area contributed by atoms with Crippen LogP contribution in [0, 0.1) is 18.3 Å². The molecule has 16 heavy (non-hydrogen) atoms. The number of rotatable bonds is 2. The smallest absolute Gasteiger partial charge is 0.138 e. The number of nitriles is 1. The molecular formula is C12H11N3O. The van der Waals surface area contributed by atoms with E-state index in [4.69, 9.17) is 15.5 Å². The molecule has 0 unspecified atom stereocenters. The molecule has 0 amide bonds. The molecule has 0 radical (unpaired) electrons. The Bertz CT molecular complexity index is 534. The van der Waals surface area contributed by atoms with Crippen LogP contribution in [-0.4, -0.2) is 5.16 Å². The second-order valence-electron chi connectivity index (χ2n) is 3.46. The first-order chi connectivity index (χ1) is 7.76. The van der Waals surface area contributed by atoms with Crippen LogP contribution in [0.15, 0.2) is 28.8 Å². The average molecular weight is 213 g/mol. The minimum absolute atomic E-state index is 0.394. The summed E-state index contributed by atoms with van der Waals surface area (Å²) in [5.74, 6) is 0.738. The third-order valence-electron chi connectivity index (χ3n) is 2.48. The summed E-state index contributed by atoms with van der Waals surface area (Å²) < 4.78 is 5.10. The molecule has 0 atom stereocenters. The monoisotopic (exact) mass is 213 g/mol. The Morgan fingerprint density at radius 1 is 1.38 bits per heavy atom. The predicted octanol–water partition coefficient (Wildman–Crippen LogP) is 1.98. The molecule has 4 heteroatoms. The topological polar surface area (TPSA) is 75.8 Å². The van der Waals surface area contributed by atoms with Gasteiger partial charge in [-0.05, 0) is 19.1 Å². The molecule has 0 aliphatic carbocycles. The van der Waals surface area contributed by atoms with Gasteiger partial charge in [-0.1, -0.05) is 17.3 Å². The van der Waals surface area contributed by atoms with Gasteiger partial charge in [-0.25, -0.2) is 0 Å². The maximum absolute atomic E-state index is 8.70. The number of hydrogen-bond donors (Lipinski definition) is 1. The van der Waals surface area contributed by atoms with E-state index < -0.39 is 0 Å². The Balaban J connectivity index is 2.47. The number of nitrogens with zero attached hydrogens (tertiary/aromatic N) is 2. The minimum atomic E-state index is 0.394. The van der Waals surface area contributed by atoms with Crippen LogP contribution in [-0.2, 0) is 6.54 Å². The predicted molar refractivity (Wildman–Crippen MR) is 59.3 cm³/mol. The number of benzene rings is 1. The molecule has 2 rings (SSSR count). The lowest BCUT2D eigenvalue weighted by Gasteiger charge is -1.99. The van der Waals surface area contributed by atoms with Crippen molar-refractivity contribution in [2.24, 2.45) is 5.73 Å². The van der Waals surface area contributed by atoms with Gasteiger partial charge in [0.2, 0.25) is 0 Å². The molecular weight excluding hydrogens is 202 g/mol. The average Bonchev–Trinajstić information content (AvgIpc) is 2.70. The van der Waals surface area contributed by atoms with Crippen LogP contribution in [0.25, 0.3) is 11.3 Å². The van der Waals surface area contributed by atoms with E-state index in [2.05, 4.69) is 11.2 Å². The summed E-state index contributed by atoms with van der Waals surface area (Å²) in [5, 5.41) is 12.7. The summed E-state index contributed by atoms with van der Waals surface area (Å²) in [6, 6.07) is 9.25. The van der Waals surface area contributed by atoms with Gasteiger partial charge in [0.1, 0.15) is 11.5 Å². The van der Waals surface area contributed by atoms with Crippen molar-refractivity contribution in [1.82, 2.24) is 5.16 Å². The third-order valence-corrected chi connectivity index (χ3v) is 2.48. The maximum Gasteiger partial charge on any atom is 0.138 e. The largest absolute Gasteiger partial charge is 0.361 e. The van der Waals surface area contributed by atoms with Gasteiger partial charge < -0.3 is 10.3 Å². The maximum atomic E-state index is 8.70. The van der Waals surface area contributed by atoms with Crippen molar-refractivity contribution in [1.29, 1.82) is 5.26 Å². The first-order valence-electron chi connectivity index (χ1n) is 4.92. The number of nitrogens with two attached hydrogens (primary N) is 1. The Morgan fingerprint density at radius 2 is 2.06 bits per heavy atom. The number of hydrogen-bond acceptors (Lipinski definition) is 4. The van der Waals surface area contributed by atoms with E-state index in [1.807, 2.05) is 19.1 Å². The molecule has 2 N–H and O–H groups in total. The normalized spacial score (nSPS) is 10.1. The lowest BCUT2D eigenvalue weighted by atomic mass is 10.1. The Hall–Kier alpha value is -2.12. The molecule has 0 saturated heterocycles. The number of aryl methyl sites for hydroxylation is 1. The molecule has 1 aromatic carbocycles. The first kappa shape index (κ1) is 10.4. The van der Waals surface area contributed by atoms with E-state index in [-0.39, 0.29) is 0 Å². The van der Waals surface area contributed by atoms with Gasteiger partial charge in [-0.15, -0.1) is 0 Å². The van der Waals surface area contributed by atoms with Crippen molar-refractivity contribution in [2.45, 2.75) is 13.5 Å². The van der Waals surface area contributed by atoms with E-state index in [1.54, 1.807) is 12.1 Å². The minimum Gasteiger partial charge on any atom is -0.361 e. The van der Waals surface area contributed by atoms with Gasteiger partial charge in [0.05, 0.1) is 11.6 Å². The van der Waals surface area contributed by atoms with Gasteiger partial charge in [-0.3, -0.25) is 0 Å². The van der Waals surface area contributed by atoms with Gasteiger partial charge in [0.15, 0.2) is 0 Å². The molecule has 0 spiro atoms. The molecule has 4 nitrogen and oxygen atoms in total.